The average molecular weight is 205 g/mol. The molecule has 2 N–H and O–H groups in total. The zero-order chi connectivity index (χ0) is 11.0. The van der Waals surface area contributed by atoms with Crippen molar-refractivity contribution >= 4 is 23.3 Å². The van der Waals surface area contributed by atoms with Crippen LogP contribution in [0.5, 0.6) is 0 Å². The zero-order valence-electron chi connectivity index (χ0n) is 8.30. The largest absolute Gasteiger partial charge is 0.397 e. The van der Waals surface area contributed by atoms with Crippen LogP contribution >= 0.6 is 0 Å². The van der Waals surface area contributed by atoms with E-state index in [0.29, 0.717) is 11.4 Å². The highest BCUT2D eigenvalue weighted by atomic mass is 16.2. The molecule has 3 amide bonds. The molecule has 78 valence electrons. The molecule has 0 aliphatic carbocycles. The molecule has 1 saturated heterocycles. The molecule has 0 bridgehead atoms. The Kier molecular flexibility index (Phi) is 2.07. The number of likely N-dealkylation sites (N-methyl/N-ethyl adjacent to an activating group) is 1. The van der Waals surface area contributed by atoms with E-state index in [1.807, 2.05) is 0 Å². The maximum atomic E-state index is 11.6. The van der Waals surface area contributed by atoms with Crippen LogP contribution in [-0.4, -0.2) is 30.4 Å². The minimum absolute atomic E-state index is 0.104. The molecule has 0 saturated carbocycles. The number of urea groups is 1. The number of carbonyl (C=O) groups excluding carboxylic acids is 2. The second-order valence-electron chi connectivity index (χ2n) is 3.43. The van der Waals surface area contributed by atoms with E-state index >= 15 is 0 Å². The second-order valence-corrected chi connectivity index (χ2v) is 3.43. The van der Waals surface area contributed by atoms with Crippen LogP contribution in [0.3, 0.4) is 0 Å². The van der Waals surface area contributed by atoms with Crippen LogP contribution in [0.25, 0.3) is 0 Å². The van der Waals surface area contributed by atoms with Gasteiger partial charge in [-0.15, -0.1) is 0 Å². The van der Waals surface area contributed by atoms with Gasteiger partial charge in [0.2, 0.25) is 0 Å². The zero-order valence-corrected chi connectivity index (χ0v) is 8.30. The Morgan fingerprint density at radius 1 is 1.27 bits per heavy atom. The van der Waals surface area contributed by atoms with Crippen molar-refractivity contribution < 1.29 is 9.59 Å². The molecule has 5 nitrogen and oxygen atoms in total. The van der Waals surface area contributed by atoms with Gasteiger partial charge < -0.3 is 10.6 Å². The summed E-state index contributed by atoms with van der Waals surface area (Å²) in [5.41, 5.74) is 6.59. The molecule has 1 fully saturated rings. The van der Waals surface area contributed by atoms with Crippen molar-refractivity contribution in [1.29, 1.82) is 0 Å². The molecule has 1 aromatic carbocycles. The van der Waals surface area contributed by atoms with E-state index in [2.05, 4.69) is 0 Å². The fourth-order valence-electron chi connectivity index (χ4n) is 1.55. The van der Waals surface area contributed by atoms with E-state index in [0.717, 1.165) is 4.90 Å². The van der Waals surface area contributed by atoms with E-state index in [4.69, 9.17) is 5.73 Å². The van der Waals surface area contributed by atoms with E-state index < -0.39 is 0 Å². The van der Waals surface area contributed by atoms with Gasteiger partial charge in [0.25, 0.3) is 5.91 Å². The number of amides is 3. The Morgan fingerprint density at radius 3 is 2.47 bits per heavy atom. The first-order chi connectivity index (χ1) is 7.11. The van der Waals surface area contributed by atoms with Crippen molar-refractivity contribution in [2.24, 2.45) is 0 Å². The predicted octanol–water partition coefficient (Wildman–Crippen LogP) is 0.667. The number of nitrogens with zero attached hydrogens (tertiary/aromatic N) is 2. The molecule has 5 heteroatoms. The lowest BCUT2D eigenvalue weighted by Crippen LogP contribution is -2.31. The number of anilines is 2. The number of imide groups is 1. The number of nitrogen functional groups attached to an aromatic ring is 1. The first-order valence-corrected chi connectivity index (χ1v) is 4.54. The summed E-state index contributed by atoms with van der Waals surface area (Å²) in [6.45, 7) is 0.104. The third-order valence-corrected chi connectivity index (χ3v) is 2.32. The summed E-state index contributed by atoms with van der Waals surface area (Å²) < 4.78 is 0. The molecule has 1 aromatic rings. The quantitative estimate of drug-likeness (QED) is 0.541. The van der Waals surface area contributed by atoms with E-state index in [-0.39, 0.29) is 18.5 Å². The Morgan fingerprint density at radius 2 is 1.93 bits per heavy atom. The fourth-order valence-corrected chi connectivity index (χ4v) is 1.55. The Bertz CT molecular complexity index is 430. The van der Waals surface area contributed by atoms with E-state index in [1.165, 1.54) is 4.90 Å². The Hall–Kier alpha value is -2.04. The minimum Gasteiger partial charge on any atom is -0.397 e. The van der Waals surface area contributed by atoms with Gasteiger partial charge in [-0.3, -0.25) is 4.79 Å². The number of hydrogen-bond acceptors (Lipinski definition) is 3. The number of nitrogens with two attached hydrogens (primary N) is 1. The molecule has 0 aromatic heterocycles. The van der Waals surface area contributed by atoms with E-state index in [9.17, 15) is 9.59 Å². The fraction of sp³-hybridized carbons (Fsp3) is 0.200. The smallest absolute Gasteiger partial charge is 0.331 e. The van der Waals surface area contributed by atoms with Crippen molar-refractivity contribution in [3.63, 3.8) is 0 Å². The van der Waals surface area contributed by atoms with Crippen LogP contribution in [0.2, 0.25) is 0 Å². The summed E-state index contributed by atoms with van der Waals surface area (Å²) in [4.78, 5) is 25.7. The highest BCUT2D eigenvalue weighted by Crippen LogP contribution is 2.26. The lowest BCUT2D eigenvalue weighted by molar-refractivity contribution is -0.116. The Balaban J connectivity index is 2.44. The monoisotopic (exact) mass is 205 g/mol. The van der Waals surface area contributed by atoms with Crippen molar-refractivity contribution in [2.45, 2.75) is 0 Å². The van der Waals surface area contributed by atoms with Crippen LogP contribution in [-0.2, 0) is 4.79 Å². The second kappa shape index (κ2) is 3.27. The van der Waals surface area contributed by atoms with Crippen LogP contribution < -0.4 is 10.6 Å². The highest BCUT2D eigenvalue weighted by molar-refractivity contribution is 6.20. The summed E-state index contributed by atoms with van der Waals surface area (Å²) in [6, 6.07) is 6.48. The van der Waals surface area contributed by atoms with Crippen molar-refractivity contribution in [3.05, 3.63) is 24.3 Å². The number of carbonyl (C=O) groups is 2. The number of para-hydroxylation sites is 2. The van der Waals surface area contributed by atoms with Gasteiger partial charge in [0, 0.05) is 7.05 Å². The highest BCUT2D eigenvalue weighted by Gasteiger charge is 2.35. The SMILES string of the molecule is CN1CC(=O)N(c2ccccc2N)C1=O. The molecule has 1 aliphatic rings. The minimum atomic E-state index is -0.335. The van der Waals surface area contributed by atoms with Gasteiger partial charge in [-0.05, 0) is 12.1 Å². The molecular formula is C10H11N3O2. The van der Waals surface area contributed by atoms with Gasteiger partial charge in [0.05, 0.1) is 11.4 Å². The lowest BCUT2D eigenvalue weighted by atomic mass is 10.2. The predicted molar refractivity (Wildman–Crippen MR) is 56.4 cm³/mol. The van der Waals surface area contributed by atoms with Crippen molar-refractivity contribution in [3.8, 4) is 0 Å². The van der Waals surface area contributed by atoms with Crippen molar-refractivity contribution in [2.75, 3.05) is 24.2 Å². The van der Waals surface area contributed by atoms with Crippen molar-refractivity contribution in [1.82, 2.24) is 4.90 Å². The summed E-state index contributed by atoms with van der Waals surface area (Å²) in [7, 11) is 1.58. The summed E-state index contributed by atoms with van der Waals surface area (Å²) >= 11 is 0. The van der Waals surface area contributed by atoms with Gasteiger partial charge in [0.1, 0.15) is 6.54 Å². The molecule has 2 rings (SSSR count). The normalized spacial score (nSPS) is 16.3. The first kappa shape index (κ1) is 9.51. The number of rotatable bonds is 1. The summed E-state index contributed by atoms with van der Waals surface area (Å²) in [6.07, 6.45) is 0. The maximum absolute atomic E-state index is 11.6. The molecule has 0 spiro atoms. The summed E-state index contributed by atoms with van der Waals surface area (Å²) in [5, 5.41) is 0. The standard InChI is InChI=1S/C10H11N3O2/c1-12-6-9(14)13(10(12)15)8-5-3-2-4-7(8)11/h2-5H,6,11H2,1H3. The van der Waals surface area contributed by atoms with Gasteiger partial charge in [0.15, 0.2) is 0 Å². The molecular weight excluding hydrogens is 194 g/mol. The summed E-state index contributed by atoms with van der Waals surface area (Å²) in [5.74, 6) is -0.250. The number of hydrogen-bond donors (Lipinski definition) is 1. The topological polar surface area (TPSA) is 66.6 Å². The average Bonchev–Trinajstić information content (AvgIpc) is 2.43. The molecule has 0 unspecified atom stereocenters. The lowest BCUT2D eigenvalue weighted by Gasteiger charge is -2.15. The molecule has 0 atom stereocenters. The van der Waals surface area contributed by atoms with Gasteiger partial charge >= 0.3 is 6.03 Å². The number of benzene rings is 1. The third kappa shape index (κ3) is 1.41. The van der Waals surface area contributed by atoms with Crippen LogP contribution in [0.4, 0.5) is 16.2 Å². The van der Waals surface area contributed by atoms with Crippen LogP contribution in [0, 0.1) is 0 Å². The van der Waals surface area contributed by atoms with E-state index in [1.54, 1.807) is 31.3 Å². The van der Waals surface area contributed by atoms with Crippen LogP contribution in [0.15, 0.2) is 24.3 Å². The maximum Gasteiger partial charge on any atom is 0.331 e. The molecule has 1 aliphatic heterocycles. The molecule has 15 heavy (non-hydrogen) atoms. The Labute approximate surface area is 87.1 Å². The molecule has 0 radical (unpaired) electrons. The van der Waals surface area contributed by atoms with Gasteiger partial charge in [-0.2, -0.15) is 0 Å². The van der Waals surface area contributed by atoms with Gasteiger partial charge in [-0.25, -0.2) is 9.69 Å². The molecule has 1 heterocycles. The van der Waals surface area contributed by atoms with Gasteiger partial charge in [-0.1, -0.05) is 12.1 Å². The van der Waals surface area contributed by atoms with Crippen LogP contribution in [0.1, 0.15) is 0 Å². The third-order valence-electron chi connectivity index (χ3n) is 2.32. The first-order valence-electron chi connectivity index (χ1n) is 4.54.